The molecule has 3 heteroatoms. The molecule has 1 aromatic carbocycles. The van der Waals surface area contributed by atoms with Crippen molar-refractivity contribution in [1.29, 1.82) is 0 Å². The number of hydrogen-bond acceptors (Lipinski definition) is 1. The second kappa shape index (κ2) is 5.89. The molecule has 0 aliphatic heterocycles. The Hall–Kier alpha value is 0.140. The standard InChI is InChI=1S/C11H15Br2N/c1-9(12)7-14(2)8-10-3-5-11(13)6-4-10/h3-6,9H,7-8H2,1-2H3. The Kier molecular flexibility index (Phi) is 5.13. The molecule has 1 rings (SSSR count). The van der Waals surface area contributed by atoms with Crippen LogP contribution in [0.25, 0.3) is 0 Å². The van der Waals surface area contributed by atoms with Crippen molar-refractivity contribution in [3.05, 3.63) is 34.3 Å². The average Bonchev–Trinajstić information content (AvgIpc) is 2.07. The van der Waals surface area contributed by atoms with Crippen molar-refractivity contribution in [2.45, 2.75) is 18.3 Å². The smallest absolute Gasteiger partial charge is 0.0244 e. The van der Waals surface area contributed by atoms with Crippen LogP contribution in [0.3, 0.4) is 0 Å². The second-order valence-corrected chi connectivity index (χ2v) is 6.08. The maximum Gasteiger partial charge on any atom is 0.0244 e. The summed E-state index contributed by atoms with van der Waals surface area (Å²) in [5, 5.41) is 0. The molecule has 0 aliphatic rings. The van der Waals surface area contributed by atoms with Gasteiger partial charge in [-0.15, -0.1) is 0 Å². The molecule has 0 saturated carbocycles. The lowest BCUT2D eigenvalue weighted by Crippen LogP contribution is -2.23. The molecule has 1 atom stereocenters. The van der Waals surface area contributed by atoms with E-state index in [-0.39, 0.29) is 0 Å². The van der Waals surface area contributed by atoms with Gasteiger partial charge in [-0.05, 0) is 24.7 Å². The molecule has 0 fully saturated rings. The predicted molar refractivity (Wildman–Crippen MR) is 68.9 cm³/mol. The highest BCUT2D eigenvalue weighted by Gasteiger charge is 2.03. The molecule has 0 bridgehead atoms. The summed E-state index contributed by atoms with van der Waals surface area (Å²) in [5.74, 6) is 0. The van der Waals surface area contributed by atoms with Gasteiger partial charge >= 0.3 is 0 Å². The molecule has 0 N–H and O–H groups in total. The Labute approximate surface area is 103 Å². The zero-order chi connectivity index (χ0) is 10.6. The van der Waals surface area contributed by atoms with Gasteiger partial charge < -0.3 is 4.90 Å². The topological polar surface area (TPSA) is 3.24 Å². The van der Waals surface area contributed by atoms with Crippen molar-refractivity contribution in [3.63, 3.8) is 0 Å². The highest BCUT2D eigenvalue weighted by Crippen LogP contribution is 2.12. The number of halogens is 2. The molecule has 1 unspecified atom stereocenters. The minimum atomic E-state index is 0.544. The number of benzene rings is 1. The van der Waals surface area contributed by atoms with Crippen molar-refractivity contribution < 1.29 is 0 Å². The van der Waals surface area contributed by atoms with Gasteiger partial charge in [-0.25, -0.2) is 0 Å². The highest BCUT2D eigenvalue weighted by atomic mass is 79.9. The van der Waals surface area contributed by atoms with E-state index in [0.29, 0.717) is 4.83 Å². The normalized spacial score (nSPS) is 13.2. The maximum atomic E-state index is 3.55. The van der Waals surface area contributed by atoms with Crippen LogP contribution in [-0.2, 0) is 6.54 Å². The Bertz CT molecular complexity index is 269. The molecule has 0 saturated heterocycles. The Morgan fingerprint density at radius 3 is 2.36 bits per heavy atom. The lowest BCUT2D eigenvalue weighted by atomic mass is 10.2. The minimum Gasteiger partial charge on any atom is -0.301 e. The van der Waals surface area contributed by atoms with Crippen molar-refractivity contribution in [2.24, 2.45) is 0 Å². The van der Waals surface area contributed by atoms with E-state index in [0.717, 1.165) is 17.6 Å². The molecule has 1 nitrogen and oxygen atoms in total. The first-order valence-electron chi connectivity index (χ1n) is 4.65. The van der Waals surface area contributed by atoms with Crippen molar-refractivity contribution in [2.75, 3.05) is 13.6 Å². The Balaban J connectivity index is 2.47. The molecule has 0 amide bonds. The van der Waals surface area contributed by atoms with Gasteiger partial charge in [-0.1, -0.05) is 50.9 Å². The number of alkyl halides is 1. The zero-order valence-electron chi connectivity index (χ0n) is 8.50. The molecule has 0 radical (unpaired) electrons. The molecule has 14 heavy (non-hydrogen) atoms. The van der Waals surface area contributed by atoms with E-state index in [4.69, 9.17) is 0 Å². The molecule has 0 aromatic heterocycles. The zero-order valence-corrected chi connectivity index (χ0v) is 11.7. The van der Waals surface area contributed by atoms with E-state index in [1.165, 1.54) is 5.56 Å². The van der Waals surface area contributed by atoms with Gasteiger partial charge in [-0.3, -0.25) is 0 Å². The summed E-state index contributed by atoms with van der Waals surface area (Å²) in [6, 6.07) is 8.47. The van der Waals surface area contributed by atoms with E-state index >= 15 is 0 Å². The number of nitrogens with zero attached hydrogens (tertiary/aromatic N) is 1. The van der Waals surface area contributed by atoms with Crippen LogP contribution in [0.2, 0.25) is 0 Å². The molecule has 0 spiro atoms. The number of rotatable bonds is 4. The van der Waals surface area contributed by atoms with Crippen LogP contribution in [0, 0.1) is 0 Å². The van der Waals surface area contributed by atoms with E-state index in [1.807, 2.05) is 0 Å². The van der Waals surface area contributed by atoms with Crippen molar-refractivity contribution in [3.8, 4) is 0 Å². The van der Waals surface area contributed by atoms with Crippen molar-refractivity contribution >= 4 is 31.9 Å². The summed E-state index contributed by atoms with van der Waals surface area (Å²) in [6.45, 7) is 4.23. The summed E-state index contributed by atoms with van der Waals surface area (Å²) >= 11 is 6.98. The van der Waals surface area contributed by atoms with Gasteiger partial charge in [0.05, 0.1) is 0 Å². The van der Waals surface area contributed by atoms with Crippen LogP contribution in [0.5, 0.6) is 0 Å². The molecule has 0 heterocycles. The Morgan fingerprint density at radius 2 is 1.86 bits per heavy atom. The quantitative estimate of drug-likeness (QED) is 0.765. The maximum absolute atomic E-state index is 3.55. The first kappa shape index (κ1) is 12.2. The van der Waals surface area contributed by atoms with Crippen LogP contribution >= 0.6 is 31.9 Å². The number of hydrogen-bond donors (Lipinski definition) is 0. The van der Waals surface area contributed by atoms with Gasteiger partial charge in [0, 0.05) is 22.4 Å². The fourth-order valence-corrected chi connectivity index (χ4v) is 2.15. The SMILES string of the molecule is CC(Br)CN(C)Cc1ccc(Br)cc1. The van der Waals surface area contributed by atoms with E-state index in [9.17, 15) is 0 Å². The summed E-state index contributed by atoms with van der Waals surface area (Å²) < 4.78 is 1.14. The van der Waals surface area contributed by atoms with Gasteiger partial charge in [-0.2, -0.15) is 0 Å². The third-order valence-electron chi connectivity index (χ3n) is 1.93. The first-order chi connectivity index (χ1) is 6.58. The summed E-state index contributed by atoms with van der Waals surface area (Å²) in [7, 11) is 2.14. The largest absolute Gasteiger partial charge is 0.301 e. The second-order valence-electron chi connectivity index (χ2n) is 3.60. The average molecular weight is 321 g/mol. The Morgan fingerprint density at radius 1 is 1.29 bits per heavy atom. The van der Waals surface area contributed by atoms with Crippen LogP contribution in [0.4, 0.5) is 0 Å². The molecule has 0 aliphatic carbocycles. The fraction of sp³-hybridized carbons (Fsp3) is 0.455. The van der Waals surface area contributed by atoms with Gasteiger partial charge in [0.2, 0.25) is 0 Å². The van der Waals surface area contributed by atoms with Gasteiger partial charge in [0.15, 0.2) is 0 Å². The fourth-order valence-electron chi connectivity index (χ4n) is 1.40. The van der Waals surface area contributed by atoms with Crippen molar-refractivity contribution in [1.82, 2.24) is 4.90 Å². The summed E-state index contributed by atoms with van der Waals surface area (Å²) in [5.41, 5.74) is 1.35. The third kappa shape index (κ3) is 4.58. The monoisotopic (exact) mass is 319 g/mol. The third-order valence-corrected chi connectivity index (χ3v) is 2.75. The van der Waals surface area contributed by atoms with Crippen LogP contribution < -0.4 is 0 Å². The molecule has 78 valence electrons. The van der Waals surface area contributed by atoms with E-state index in [2.05, 4.69) is 75.0 Å². The van der Waals surface area contributed by atoms with E-state index < -0.39 is 0 Å². The lowest BCUT2D eigenvalue weighted by molar-refractivity contribution is 0.333. The highest BCUT2D eigenvalue weighted by molar-refractivity contribution is 9.10. The minimum absolute atomic E-state index is 0.544. The first-order valence-corrected chi connectivity index (χ1v) is 6.36. The lowest BCUT2D eigenvalue weighted by Gasteiger charge is -2.18. The van der Waals surface area contributed by atoms with Crippen LogP contribution in [0.1, 0.15) is 12.5 Å². The van der Waals surface area contributed by atoms with Gasteiger partial charge in [0.1, 0.15) is 0 Å². The molecular formula is C11H15Br2N. The van der Waals surface area contributed by atoms with Crippen LogP contribution in [0.15, 0.2) is 28.7 Å². The van der Waals surface area contributed by atoms with E-state index in [1.54, 1.807) is 0 Å². The molecular weight excluding hydrogens is 306 g/mol. The van der Waals surface area contributed by atoms with Crippen LogP contribution in [-0.4, -0.2) is 23.3 Å². The van der Waals surface area contributed by atoms with Gasteiger partial charge in [0.25, 0.3) is 0 Å². The summed E-state index contributed by atoms with van der Waals surface area (Å²) in [4.78, 5) is 2.85. The predicted octanol–water partition coefficient (Wildman–Crippen LogP) is 3.66. The summed E-state index contributed by atoms with van der Waals surface area (Å²) in [6.07, 6.45) is 0. The molecule has 1 aromatic rings.